The van der Waals surface area contributed by atoms with E-state index >= 15 is 0 Å². The first kappa shape index (κ1) is 15.8. The molecule has 1 aliphatic rings. The van der Waals surface area contributed by atoms with E-state index in [0.717, 1.165) is 36.3 Å². The lowest BCUT2D eigenvalue weighted by molar-refractivity contribution is -0.136. The summed E-state index contributed by atoms with van der Waals surface area (Å²) in [6.45, 7) is 2.86. The van der Waals surface area contributed by atoms with Crippen LogP contribution >= 0.6 is 0 Å². The minimum Gasteiger partial charge on any atom is -0.340 e. The quantitative estimate of drug-likeness (QED) is 0.796. The maximum atomic E-state index is 13.4. The van der Waals surface area contributed by atoms with Crippen LogP contribution in [0.25, 0.3) is 11.0 Å². The third kappa shape index (κ3) is 3.01. The van der Waals surface area contributed by atoms with E-state index in [2.05, 4.69) is 15.1 Å². The fourth-order valence-corrected chi connectivity index (χ4v) is 3.46. The molecule has 130 valence electrons. The smallest absolute Gasteiger partial charge is 0.244 e. The van der Waals surface area contributed by atoms with Gasteiger partial charge in [0.15, 0.2) is 0 Å². The van der Waals surface area contributed by atoms with Gasteiger partial charge in [-0.25, -0.2) is 9.37 Å². The largest absolute Gasteiger partial charge is 0.340 e. The predicted molar refractivity (Wildman–Crippen MR) is 91.3 cm³/mol. The van der Waals surface area contributed by atoms with E-state index in [-0.39, 0.29) is 24.3 Å². The van der Waals surface area contributed by atoms with Gasteiger partial charge >= 0.3 is 0 Å². The highest BCUT2D eigenvalue weighted by atomic mass is 19.1. The van der Waals surface area contributed by atoms with Crippen molar-refractivity contribution in [2.75, 3.05) is 6.54 Å². The minimum atomic E-state index is -0.298. The number of nitrogens with one attached hydrogen (secondary N) is 1. The molecule has 1 N–H and O–H groups in total. The molecule has 25 heavy (non-hydrogen) atoms. The van der Waals surface area contributed by atoms with Crippen molar-refractivity contribution in [3.63, 3.8) is 0 Å². The summed E-state index contributed by atoms with van der Waals surface area (Å²) in [5.74, 6) is 0.461. The zero-order valence-corrected chi connectivity index (χ0v) is 14.1. The number of benzene rings is 1. The SMILES string of the molecule is Cc1ccnn1CC(=O)N1CCCC[C@H]1c1nc2ccc(F)cc2[nH]1. The molecule has 0 saturated carbocycles. The van der Waals surface area contributed by atoms with Crippen molar-refractivity contribution in [3.8, 4) is 0 Å². The molecule has 4 rings (SSSR count). The highest BCUT2D eigenvalue weighted by molar-refractivity contribution is 5.78. The van der Waals surface area contributed by atoms with Gasteiger partial charge in [-0.1, -0.05) is 0 Å². The molecule has 3 aromatic rings. The van der Waals surface area contributed by atoms with Gasteiger partial charge in [0, 0.05) is 18.4 Å². The molecule has 0 radical (unpaired) electrons. The van der Waals surface area contributed by atoms with Gasteiger partial charge in [-0.3, -0.25) is 9.48 Å². The molecular formula is C18H20FN5O. The van der Waals surface area contributed by atoms with Crippen LogP contribution in [-0.4, -0.2) is 37.1 Å². The molecule has 7 heteroatoms. The summed E-state index contributed by atoms with van der Waals surface area (Å²) in [5.41, 5.74) is 2.34. The van der Waals surface area contributed by atoms with Gasteiger partial charge in [0.1, 0.15) is 18.2 Å². The number of hydrogen-bond acceptors (Lipinski definition) is 3. The van der Waals surface area contributed by atoms with Crippen LogP contribution in [0.5, 0.6) is 0 Å². The van der Waals surface area contributed by atoms with Crippen LogP contribution in [0.1, 0.15) is 36.8 Å². The van der Waals surface area contributed by atoms with Gasteiger partial charge in [0.25, 0.3) is 0 Å². The summed E-state index contributed by atoms with van der Waals surface area (Å²) in [6, 6.07) is 6.28. The first-order valence-electron chi connectivity index (χ1n) is 8.55. The van der Waals surface area contributed by atoms with Crippen LogP contribution in [0, 0.1) is 12.7 Å². The Balaban J connectivity index is 1.61. The molecular weight excluding hydrogens is 321 g/mol. The molecule has 1 amide bonds. The molecule has 6 nitrogen and oxygen atoms in total. The van der Waals surface area contributed by atoms with Gasteiger partial charge in [0.2, 0.25) is 5.91 Å². The van der Waals surface area contributed by atoms with Gasteiger partial charge in [0.05, 0.1) is 17.1 Å². The molecule has 1 aromatic carbocycles. The molecule has 2 aromatic heterocycles. The lowest BCUT2D eigenvalue weighted by Crippen LogP contribution is -2.41. The number of nitrogens with zero attached hydrogens (tertiary/aromatic N) is 4. The number of aromatic amines is 1. The Morgan fingerprint density at radius 1 is 1.36 bits per heavy atom. The Kier molecular flexibility index (Phi) is 3.99. The fraction of sp³-hybridized carbons (Fsp3) is 0.389. The third-order valence-electron chi connectivity index (χ3n) is 4.81. The van der Waals surface area contributed by atoms with Crippen LogP contribution in [0.2, 0.25) is 0 Å². The number of likely N-dealkylation sites (tertiary alicyclic amines) is 1. The number of hydrogen-bond donors (Lipinski definition) is 1. The van der Waals surface area contributed by atoms with E-state index in [1.165, 1.54) is 12.1 Å². The molecule has 0 aliphatic carbocycles. The molecule has 1 atom stereocenters. The number of fused-ring (bicyclic) bond motifs is 1. The Morgan fingerprint density at radius 3 is 3.04 bits per heavy atom. The molecule has 1 saturated heterocycles. The Hall–Kier alpha value is -2.70. The zero-order valence-electron chi connectivity index (χ0n) is 14.1. The first-order valence-corrected chi connectivity index (χ1v) is 8.55. The number of H-pyrrole nitrogens is 1. The number of amides is 1. The van der Waals surface area contributed by atoms with Crippen molar-refractivity contribution in [1.82, 2.24) is 24.6 Å². The molecule has 1 fully saturated rings. The van der Waals surface area contributed by atoms with Gasteiger partial charge in [-0.15, -0.1) is 0 Å². The van der Waals surface area contributed by atoms with E-state index in [1.54, 1.807) is 16.9 Å². The summed E-state index contributed by atoms with van der Waals surface area (Å²) >= 11 is 0. The molecule has 0 spiro atoms. The maximum absolute atomic E-state index is 13.4. The fourth-order valence-electron chi connectivity index (χ4n) is 3.46. The van der Waals surface area contributed by atoms with E-state index in [1.807, 2.05) is 17.9 Å². The molecule has 1 aliphatic heterocycles. The van der Waals surface area contributed by atoms with Gasteiger partial charge in [-0.05, 0) is 50.5 Å². The van der Waals surface area contributed by atoms with Crippen molar-refractivity contribution in [2.45, 2.75) is 38.8 Å². The summed E-state index contributed by atoms with van der Waals surface area (Å²) in [7, 11) is 0. The number of imidazole rings is 1. The number of aromatic nitrogens is 4. The van der Waals surface area contributed by atoms with E-state index < -0.39 is 0 Å². The van der Waals surface area contributed by atoms with Gasteiger partial charge < -0.3 is 9.88 Å². The summed E-state index contributed by atoms with van der Waals surface area (Å²) < 4.78 is 15.1. The number of carbonyl (C=O) groups is 1. The average molecular weight is 341 g/mol. The lowest BCUT2D eigenvalue weighted by Gasteiger charge is -2.34. The Morgan fingerprint density at radius 2 is 2.24 bits per heavy atom. The lowest BCUT2D eigenvalue weighted by atomic mass is 10.0. The highest BCUT2D eigenvalue weighted by Gasteiger charge is 2.30. The van der Waals surface area contributed by atoms with Crippen molar-refractivity contribution < 1.29 is 9.18 Å². The molecule has 0 unspecified atom stereocenters. The first-order chi connectivity index (χ1) is 12.1. The van der Waals surface area contributed by atoms with E-state index in [9.17, 15) is 9.18 Å². The van der Waals surface area contributed by atoms with E-state index in [0.29, 0.717) is 12.1 Å². The zero-order chi connectivity index (χ0) is 17.4. The summed E-state index contributed by atoms with van der Waals surface area (Å²) in [4.78, 5) is 22.5. The second-order valence-corrected chi connectivity index (χ2v) is 6.51. The number of carbonyl (C=O) groups excluding carboxylic acids is 1. The standard InChI is InChI=1S/C18H20FN5O/c1-12-7-8-20-24(12)11-17(25)23-9-3-2-4-16(23)18-21-14-6-5-13(19)10-15(14)22-18/h5-8,10,16H,2-4,9,11H2,1H3,(H,21,22)/t16-/m0/s1. The molecule has 0 bridgehead atoms. The number of rotatable bonds is 3. The highest BCUT2D eigenvalue weighted by Crippen LogP contribution is 2.31. The van der Waals surface area contributed by atoms with Crippen LogP contribution in [0.4, 0.5) is 4.39 Å². The van der Waals surface area contributed by atoms with Crippen molar-refractivity contribution in [1.29, 1.82) is 0 Å². The van der Waals surface area contributed by atoms with Crippen molar-refractivity contribution in [2.24, 2.45) is 0 Å². The maximum Gasteiger partial charge on any atom is 0.244 e. The van der Waals surface area contributed by atoms with Crippen LogP contribution < -0.4 is 0 Å². The normalized spacial score (nSPS) is 18.0. The van der Waals surface area contributed by atoms with Crippen LogP contribution in [0.15, 0.2) is 30.5 Å². The van der Waals surface area contributed by atoms with Crippen LogP contribution in [-0.2, 0) is 11.3 Å². The second-order valence-electron chi connectivity index (χ2n) is 6.51. The topological polar surface area (TPSA) is 66.8 Å². The van der Waals surface area contributed by atoms with Gasteiger partial charge in [-0.2, -0.15) is 5.10 Å². The molecule has 3 heterocycles. The Bertz CT molecular complexity index is 915. The monoisotopic (exact) mass is 341 g/mol. The minimum absolute atomic E-state index is 0.0307. The van der Waals surface area contributed by atoms with E-state index in [4.69, 9.17) is 0 Å². The average Bonchev–Trinajstić information content (AvgIpc) is 3.20. The second kappa shape index (κ2) is 6.31. The number of halogens is 1. The van der Waals surface area contributed by atoms with Crippen molar-refractivity contribution >= 4 is 16.9 Å². The number of aryl methyl sites for hydroxylation is 1. The summed E-state index contributed by atoms with van der Waals surface area (Å²) in [5, 5.41) is 4.20. The van der Waals surface area contributed by atoms with Crippen LogP contribution in [0.3, 0.4) is 0 Å². The van der Waals surface area contributed by atoms with Crippen molar-refractivity contribution in [3.05, 3.63) is 47.8 Å². The Labute approximate surface area is 144 Å². The predicted octanol–water partition coefficient (Wildman–Crippen LogP) is 2.96. The third-order valence-corrected chi connectivity index (χ3v) is 4.81. The number of piperidine rings is 1. The summed E-state index contributed by atoms with van der Waals surface area (Å²) in [6.07, 6.45) is 4.58.